The average Bonchev–Trinajstić information content (AvgIpc) is 3.79. The second kappa shape index (κ2) is 14.4. The number of benzene rings is 2. The number of carboxylic acids is 1. The number of nitrogens with one attached hydrogen (secondary N) is 4. The Morgan fingerprint density at radius 3 is 2.13 bits per heavy atom. The van der Waals surface area contributed by atoms with E-state index in [-0.39, 0.29) is 18.7 Å². The number of rotatable bonds is 14. The fourth-order valence-corrected chi connectivity index (χ4v) is 6.15. The van der Waals surface area contributed by atoms with Crippen molar-refractivity contribution in [3.63, 3.8) is 0 Å². The van der Waals surface area contributed by atoms with Gasteiger partial charge in [0.1, 0.15) is 18.1 Å². The Hall–Kier alpha value is -4.68. The summed E-state index contributed by atoms with van der Waals surface area (Å²) in [6.45, 7) is 0.762. The molecule has 0 saturated carbocycles. The molecule has 2 aromatic heterocycles. The second-order valence-electron chi connectivity index (χ2n) is 11.7. The van der Waals surface area contributed by atoms with Crippen LogP contribution in [-0.2, 0) is 32.0 Å². The number of aromatic nitrogens is 2. The number of hydrogen-bond acceptors (Lipinski definition) is 6. The summed E-state index contributed by atoms with van der Waals surface area (Å²) in [4.78, 5) is 60.5. The number of aromatic amines is 2. The van der Waals surface area contributed by atoms with E-state index in [1.165, 1.54) is 4.90 Å². The number of para-hydroxylation sites is 2. The molecule has 3 amide bonds. The van der Waals surface area contributed by atoms with Gasteiger partial charge in [0.2, 0.25) is 17.7 Å². The lowest BCUT2D eigenvalue weighted by atomic mass is 10.0. The van der Waals surface area contributed by atoms with Crippen LogP contribution in [0.5, 0.6) is 0 Å². The lowest BCUT2D eigenvalue weighted by Crippen LogP contribution is -2.57. The van der Waals surface area contributed by atoms with Crippen molar-refractivity contribution in [3.05, 3.63) is 72.1 Å². The van der Waals surface area contributed by atoms with Crippen molar-refractivity contribution in [2.45, 2.75) is 69.1 Å². The number of carbonyl (C=O) groups excluding carboxylic acids is 3. The van der Waals surface area contributed by atoms with Gasteiger partial charge >= 0.3 is 5.97 Å². The molecule has 238 valence electrons. The molecule has 4 atom stereocenters. The van der Waals surface area contributed by atoms with Crippen molar-refractivity contribution < 1.29 is 24.3 Å². The van der Waals surface area contributed by atoms with E-state index in [9.17, 15) is 24.3 Å². The molecular weight excluding hydrogens is 574 g/mol. The Balaban J connectivity index is 1.25. The summed E-state index contributed by atoms with van der Waals surface area (Å²) in [5.74, 6) is -2.55. The van der Waals surface area contributed by atoms with Crippen LogP contribution in [0.25, 0.3) is 21.8 Å². The summed E-state index contributed by atoms with van der Waals surface area (Å²) in [6, 6.07) is 11.5. The molecule has 4 aromatic rings. The lowest BCUT2D eigenvalue weighted by Gasteiger charge is -2.30. The summed E-state index contributed by atoms with van der Waals surface area (Å²) >= 11 is 0. The predicted octanol–water partition coefficient (Wildman–Crippen LogP) is 1.94. The fraction of sp³-hybridized carbons (Fsp3) is 0.394. The van der Waals surface area contributed by atoms with Crippen LogP contribution in [0.1, 0.15) is 43.2 Å². The molecule has 5 rings (SSSR count). The Morgan fingerprint density at radius 1 is 0.889 bits per heavy atom. The molecule has 0 spiro atoms. The van der Waals surface area contributed by atoms with Gasteiger partial charge in [0, 0.05) is 47.2 Å². The first kappa shape index (κ1) is 31.7. The van der Waals surface area contributed by atoms with Crippen LogP contribution < -0.4 is 22.1 Å². The van der Waals surface area contributed by atoms with Crippen LogP contribution >= 0.6 is 0 Å². The highest BCUT2D eigenvalue weighted by atomic mass is 16.4. The Kier molecular flexibility index (Phi) is 10.2. The molecule has 9 N–H and O–H groups in total. The molecule has 0 radical (unpaired) electrons. The highest BCUT2D eigenvalue weighted by molar-refractivity contribution is 5.95. The van der Waals surface area contributed by atoms with Crippen molar-refractivity contribution in [1.82, 2.24) is 25.5 Å². The van der Waals surface area contributed by atoms with Crippen LogP contribution in [0.3, 0.4) is 0 Å². The molecule has 1 aliphatic rings. The van der Waals surface area contributed by atoms with Gasteiger partial charge in [-0.25, -0.2) is 4.79 Å². The molecule has 12 nitrogen and oxygen atoms in total. The van der Waals surface area contributed by atoms with E-state index in [2.05, 4.69) is 20.6 Å². The molecule has 0 aliphatic carbocycles. The summed E-state index contributed by atoms with van der Waals surface area (Å²) in [5.41, 5.74) is 15.5. The maximum Gasteiger partial charge on any atom is 0.326 e. The van der Waals surface area contributed by atoms with Crippen LogP contribution in [0.2, 0.25) is 0 Å². The zero-order chi connectivity index (χ0) is 31.9. The largest absolute Gasteiger partial charge is 0.480 e. The number of amides is 3. The maximum absolute atomic E-state index is 13.9. The monoisotopic (exact) mass is 615 g/mol. The molecule has 1 aliphatic heterocycles. The Morgan fingerprint density at radius 2 is 1.51 bits per heavy atom. The van der Waals surface area contributed by atoms with Crippen LogP contribution in [0.15, 0.2) is 60.9 Å². The van der Waals surface area contributed by atoms with Crippen molar-refractivity contribution in [2.24, 2.45) is 11.5 Å². The van der Waals surface area contributed by atoms with E-state index in [1.54, 1.807) is 6.20 Å². The fourth-order valence-electron chi connectivity index (χ4n) is 6.15. The standard InChI is InChI=1S/C33H41N7O5/c34-14-6-5-12-27(38-30(41)24(35)16-20-18-36-25-10-3-1-8-22(20)25)32(43)40-15-7-13-29(40)31(42)39-28(33(44)45)17-21-19-37-26-11-4-2-9-23(21)26/h1-4,8-11,18-19,24,27-29,36-37H,5-7,12-17,34-35H2,(H,38,41)(H,39,42)(H,44,45). The van der Waals surface area contributed by atoms with Crippen LogP contribution in [0.4, 0.5) is 0 Å². The third-order valence-electron chi connectivity index (χ3n) is 8.57. The molecule has 1 saturated heterocycles. The molecule has 0 bridgehead atoms. The average molecular weight is 616 g/mol. The zero-order valence-electron chi connectivity index (χ0n) is 25.1. The maximum atomic E-state index is 13.9. The molecule has 4 unspecified atom stereocenters. The zero-order valence-corrected chi connectivity index (χ0v) is 25.1. The van der Waals surface area contributed by atoms with E-state index in [0.29, 0.717) is 45.2 Å². The van der Waals surface area contributed by atoms with Gasteiger partial charge in [-0.15, -0.1) is 0 Å². The number of nitrogens with two attached hydrogens (primary N) is 2. The lowest BCUT2D eigenvalue weighted by molar-refractivity contribution is -0.145. The number of likely N-dealkylation sites (tertiary alicyclic amines) is 1. The minimum absolute atomic E-state index is 0.0812. The predicted molar refractivity (Wildman–Crippen MR) is 171 cm³/mol. The van der Waals surface area contributed by atoms with E-state index in [0.717, 1.165) is 32.9 Å². The highest BCUT2D eigenvalue weighted by Gasteiger charge is 2.39. The third-order valence-corrected chi connectivity index (χ3v) is 8.57. The number of carbonyl (C=O) groups is 4. The first-order chi connectivity index (χ1) is 21.8. The van der Waals surface area contributed by atoms with Crippen molar-refractivity contribution >= 4 is 45.5 Å². The molecule has 45 heavy (non-hydrogen) atoms. The van der Waals surface area contributed by atoms with Gasteiger partial charge < -0.3 is 42.1 Å². The quantitative estimate of drug-likeness (QED) is 0.105. The van der Waals surface area contributed by atoms with Gasteiger partial charge in [0.15, 0.2) is 0 Å². The molecule has 2 aromatic carbocycles. The number of unbranched alkanes of at least 4 members (excludes halogenated alkanes) is 1. The Labute approximate surface area is 260 Å². The molecule has 1 fully saturated rings. The summed E-state index contributed by atoms with van der Waals surface area (Å²) in [5, 5.41) is 17.3. The Bertz CT molecular complexity index is 1660. The van der Waals surface area contributed by atoms with Crippen molar-refractivity contribution in [3.8, 4) is 0 Å². The van der Waals surface area contributed by atoms with Gasteiger partial charge in [0.25, 0.3) is 0 Å². The number of H-pyrrole nitrogens is 2. The van der Waals surface area contributed by atoms with Gasteiger partial charge in [0.05, 0.1) is 6.04 Å². The van der Waals surface area contributed by atoms with E-state index in [4.69, 9.17) is 11.5 Å². The van der Waals surface area contributed by atoms with E-state index < -0.39 is 42.0 Å². The normalized spacial score (nSPS) is 16.8. The topological polar surface area (TPSA) is 199 Å². The minimum Gasteiger partial charge on any atom is -0.480 e. The number of fused-ring (bicyclic) bond motifs is 2. The van der Waals surface area contributed by atoms with E-state index >= 15 is 0 Å². The first-order valence-electron chi connectivity index (χ1n) is 15.5. The number of carboxylic acid groups (broad SMARTS) is 1. The molecule has 12 heteroatoms. The smallest absolute Gasteiger partial charge is 0.326 e. The number of hydrogen-bond donors (Lipinski definition) is 7. The van der Waals surface area contributed by atoms with Gasteiger partial charge in [-0.1, -0.05) is 36.4 Å². The van der Waals surface area contributed by atoms with Crippen LogP contribution in [-0.4, -0.2) is 80.9 Å². The summed E-state index contributed by atoms with van der Waals surface area (Å²) in [7, 11) is 0. The van der Waals surface area contributed by atoms with Crippen LogP contribution in [0, 0.1) is 0 Å². The highest BCUT2D eigenvalue weighted by Crippen LogP contribution is 2.23. The number of nitrogens with zero attached hydrogens (tertiary/aromatic N) is 1. The van der Waals surface area contributed by atoms with Gasteiger partial charge in [-0.05, 0) is 68.3 Å². The van der Waals surface area contributed by atoms with Crippen molar-refractivity contribution in [1.29, 1.82) is 0 Å². The number of aliphatic carboxylic acids is 1. The SMILES string of the molecule is NCCCCC(NC(=O)C(N)Cc1c[nH]c2ccccc12)C(=O)N1CCCC1C(=O)NC(Cc1c[nH]c2ccccc12)C(=O)O. The summed E-state index contributed by atoms with van der Waals surface area (Å²) in [6.07, 6.45) is 6.51. The van der Waals surface area contributed by atoms with E-state index in [1.807, 2.05) is 54.7 Å². The summed E-state index contributed by atoms with van der Waals surface area (Å²) < 4.78 is 0. The van der Waals surface area contributed by atoms with Gasteiger partial charge in [-0.2, -0.15) is 0 Å². The minimum atomic E-state index is -1.18. The molecule has 3 heterocycles. The second-order valence-corrected chi connectivity index (χ2v) is 11.7. The third kappa shape index (κ3) is 7.35. The van der Waals surface area contributed by atoms with Gasteiger partial charge in [-0.3, -0.25) is 14.4 Å². The molecular formula is C33H41N7O5. The first-order valence-corrected chi connectivity index (χ1v) is 15.5. The van der Waals surface area contributed by atoms with Crippen molar-refractivity contribution in [2.75, 3.05) is 13.1 Å².